The fourth-order valence-corrected chi connectivity index (χ4v) is 3.84. The Morgan fingerprint density at radius 3 is 2.54 bits per heavy atom. The van der Waals surface area contributed by atoms with Gasteiger partial charge in [-0.05, 0) is 54.7 Å². The first-order valence-corrected chi connectivity index (χ1v) is 9.56. The summed E-state index contributed by atoms with van der Waals surface area (Å²) in [6.45, 7) is 0.849. The number of benzene rings is 2. The predicted molar refractivity (Wildman–Crippen MR) is 102 cm³/mol. The zero-order valence-electron chi connectivity index (χ0n) is 15.0. The number of rotatable bonds is 6. The summed E-state index contributed by atoms with van der Waals surface area (Å²) >= 11 is 0. The van der Waals surface area contributed by atoms with Gasteiger partial charge in [0.15, 0.2) is 17.3 Å². The van der Waals surface area contributed by atoms with E-state index in [2.05, 4.69) is 29.6 Å². The number of ketones is 1. The molecule has 0 radical (unpaired) electrons. The molecule has 0 saturated heterocycles. The Hall–Kier alpha value is -2.49. The zero-order chi connectivity index (χ0) is 17.8. The normalized spacial score (nSPS) is 16.5. The second-order valence-electron chi connectivity index (χ2n) is 7.12. The molecular weight excluding hydrogens is 326 g/mol. The van der Waals surface area contributed by atoms with Gasteiger partial charge in [0.25, 0.3) is 0 Å². The number of carbonyl (C=O) groups excluding carboxylic acids is 1. The van der Waals surface area contributed by atoms with Crippen LogP contribution in [-0.2, 0) is 0 Å². The quantitative estimate of drug-likeness (QED) is 0.731. The van der Waals surface area contributed by atoms with Crippen LogP contribution in [0.15, 0.2) is 42.5 Å². The lowest BCUT2D eigenvalue weighted by atomic mass is 9.84. The van der Waals surface area contributed by atoms with E-state index in [4.69, 9.17) is 9.47 Å². The number of hydrogen-bond donors (Lipinski definition) is 1. The van der Waals surface area contributed by atoms with Crippen molar-refractivity contribution in [1.29, 1.82) is 0 Å². The first kappa shape index (κ1) is 17.0. The van der Waals surface area contributed by atoms with Gasteiger partial charge < -0.3 is 14.8 Å². The summed E-state index contributed by atoms with van der Waals surface area (Å²) < 4.78 is 10.6. The van der Waals surface area contributed by atoms with Crippen LogP contribution in [0.25, 0.3) is 0 Å². The molecule has 4 nitrogen and oxygen atoms in total. The summed E-state index contributed by atoms with van der Waals surface area (Å²) in [6, 6.07) is 14.1. The topological polar surface area (TPSA) is 47.6 Å². The van der Waals surface area contributed by atoms with Crippen LogP contribution in [-0.4, -0.2) is 19.1 Å². The van der Waals surface area contributed by atoms with E-state index >= 15 is 0 Å². The van der Waals surface area contributed by atoms with Crippen LogP contribution in [0.1, 0.15) is 60.4 Å². The Morgan fingerprint density at radius 2 is 1.73 bits per heavy atom. The third-order valence-electron chi connectivity index (χ3n) is 5.36. The molecule has 4 heteroatoms. The van der Waals surface area contributed by atoms with E-state index < -0.39 is 0 Å². The van der Waals surface area contributed by atoms with E-state index in [0.717, 1.165) is 11.6 Å². The molecule has 1 heterocycles. The van der Waals surface area contributed by atoms with Crippen molar-refractivity contribution in [1.82, 2.24) is 0 Å². The number of nitrogens with one attached hydrogen (secondary N) is 1. The molecule has 2 aromatic carbocycles. The van der Waals surface area contributed by atoms with Crippen LogP contribution < -0.4 is 14.8 Å². The smallest absolute Gasteiger partial charge is 0.231 e. The average Bonchev–Trinajstić information content (AvgIpc) is 3.17. The van der Waals surface area contributed by atoms with E-state index in [1.54, 1.807) is 18.2 Å². The minimum absolute atomic E-state index is 0.106. The first-order chi connectivity index (χ1) is 12.8. The minimum Gasteiger partial charge on any atom is -0.454 e. The van der Waals surface area contributed by atoms with Gasteiger partial charge in [-0.1, -0.05) is 31.4 Å². The monoisotopic (exact) mass is 351 g/mol. The second kappa shape index (κ2) is 7.81. The lowest BCUT2D eigenvalue weighted by Gasteiger charge is -2.22. The molecule has 0 bridgehead atoms. The van der Waals surface area contributed by atoms with E-state index in [1.165, 1.54) is 37.7 Å². The van der Waals surface area contributed by atoms with Crippen molar-refractivity contribution >= 4 is 11.5 Å². The van der Waals surface area contributed by atoms with Gasteiger partial charge in [-0.2, -0.15) is 0 Å². The highest BCUT2D eigenvalue weighted by Crippen LogP contribution is 2.34. The van der Waals surface area contributed by atoms with E-state index in [1.807, 2.05) is 0 Å². The van der Waals surface area contributed by atoms with Gasteiger partial charge in [-0.15, -0.1) is 0 Å². The maximum atomic E-state index is 12.4. The van der Waals surface area contributed by atoms with E-state index in [0.29, 0.717) is 30.0 Å². The highest BCUT2D eigenvalue weighted by atomic mass is 16.7. The Morgan fingerprint density at radius 1 is 0.962 bits per heavy atom. The maximum Gasteiger partial charge on any atom is 0.231 e. The second-order valence-corrected chi connectivity index (χ2v) is 7.12. The Labute approximate surface area is 154 Å². The Bertz CT molecular complexity index is 763. The fourth-order valence-electron chi connectivity index (χ4n) is 3.84. The van der Waals surface area contributed by atoms with Gasteiger partial charge in [-0.3, -0.25) is 4.79 Å². The molecule has 1 saturated carbocycles. The summed E-state index contributed by atoms with van der Waals surface area (Å²) in [6.07, 6.45) is 7.17. The van der Waals surface area contributed by atoms with Crippen molar-refractivity contribution in [3.8, 4) is 11.5 Å². The molecule has 136 valence electrons. The van der Waals surface area contributed by atoms with E-state index in [-0.39, 0.29) is 12.6 Å². The SMILES string of the molecule is O=C(CCNc1ccc(C2CCCCC2)cc1)c1ccc2c(c1)OCO2. The Balaban J connectivity index is 1.28. The Kier molecular flexibility index (Phi) is 5.09. The van der Waals surface area contributed by atoms with Crippen LogP contribution in [0.4, 0.5) is 5.69 Å². The van der Waals surface area contributed by atoms with Crippen molar-refractivity contribution in [3.63, 3.8) is 0 Å². The van der Waals surface area contributed by atoms with Gasteiger partial charge in [-0.25, -0.2) is 0 Å². The van der Waals surface area contributed by atoms with Crippen molar-refractivity contribution in [2.75, 3.05) is 18.7 Å². The van der Waals surface area contributed by atoms with Gasteiger partial charge in [0, 0.05) is 24.2 Å². The molecule has 1 N–H and O–H groups in total. The lowest BCUT2D eigenvalue weighted by molar-refractivity contribution is 0.0986. The molecule has 2 aromatic rings. The number of carbonyl (C=O) groups is 1. The van der Waals surface area contributed by atoms with Crippen LogP contribution >= 0.6 is 0 Å². The number of anilines is 1. The van der Waals surface area contributed by atoms with E-state index in [9.17, 15) is 4.79 Å². The molecule has 0 aromatic heterocycles. The van der Waals surface area contributed by atoms with Crippen molar-refractivity contribution in [2.24, 2.45) is 0 Å². The highest BCUT2D eigenvalue weighted by Gasteiger charge is 2.16. The molecule has 0 unspecified atom stereocenters. The third kappa shape index (κ3) is 3.85. The molecular formula is C22H25NO3. The van der Waals surface area contributed by atoms with Crippen LogP contribution in [0.3, 0.4) is 0 Å². The minimum atomic E-state index is 0.106. The number of hydrogen-bond acceptors (Lipinski definition) is 4. The number of ether oxygens (including phenoxy) is 2. The van der Waals surface area contributed by atoms with Gasteiger partial charge in [0.1, 0.15) is 0 Å². The standard InChI is InChI=1S/C22H25NO3/c24-20(18-8-11-21-22(14-18)26-15-25-21)12-13-23-19-9-6-17(7-10-19)16-4-2-1-3-5-16/h6-11,14,16,23H,1-5,12-13,15H2. The van der Waals surface area contributed by atoms with Gasteiger partial charge >= 0.3 is 0 Å². The van der Waals surface area contributed by atoms with Crippen LogP contribution in [0.2, 0.25) is 0 Å². The molecule has 0 spiro atoms. The number of Topliss-reactive ketones (excluding diaryl/α,β-unsaturated/α-hetero) is 1. The summed E-state index contributed by atoms with van der Waals surface area (Å²) in [4.78, 5) is 12.4. The molecule has 1 fully saturated rings. The molecule has 1 aliphatic carbocycles. The maximum absolute atomic E-state index is 12.4. The summed E-state index contributed by atoms with van der Waals surface area (Å²) in [5.74, 6) is 2.19. The highest BCUT2D eigenvalue weighted by molar-refractivity contribution is 5.97. The largest absolute Gasteiger partial charge is 0.454 e. The molecule has 26 heavy (non-hydrogen) atoms. The predicted octanol–water partition coefficient (Wildman–Crippen LogP) is 5.15. The first-order valence-electron chi connectivity index (χ1n) is 9.56. The van der Waals surface area contributed by atoms with Crippen LogP contribution in [0.5, 0.6) is 11.5 Å². The molecule has 4 rings (SSSR count). The molecule has 1 aliphatic heterocycles. The molecule has 0 amide bonds. The summed E-state index contributed by atoms with van der Waals surface area (Å²) in [7, 11) is 0. The third-order valence-corrected chi connectivity index (χ3v) is 5.36. The van der Waals surface area contributed by atoms with Gasteiger partial charge in [0.2, 0.25) is 6.79 Å². The van der Waals surface area contributed by atoms with Gasteiger partial charge in [0.05, 0.1) is 0 Å². The lowest BCUT2D eigenvalue weighted by Crippen LogP contribution is -2.09. The molecule has 2 aliphatic rings. The zero-order valence-corrected chi connectivity index (χ0v) is 15.0. The summed E-state index contributed by atoms with van der Waals surface area (Å²) in [5.41, 5.74) is 3.19. The van der Waals surface area contributed by atoms with Crippen LogP contribution in [0, 0.1) is 0 Å². The van der Waals surface area contributed by atoms with Crippen molar-refractivity contribution in [3.05, 3.63) is 53.6 Å². The summed E-state index contributed by atoms with van der Waals surface area (Å²) in [5, 5.41) is 3.35. The average molecular weight is 351 g/mol. The van der Waals surface area contributed by atoms with Crippen molar-refractivity contribution < 1.29 is 14.3 Å². The van der Waals surface area contributed by atoms with Crippen molar-refractivity contribution in [2.45, 2.75) is 44.4 Å². The number of fused-ring (bicyclic) bond motifs is 1. The molecule has 0 atom stereocenters. The fraction of sp³-hybridized carbons (Fsp3) is 0.409.